The highest BCUT2D eigenvalue weighted by Crippen LogP contribution is 2.76. The Balaban J connectivity index is 1.76. The molecule has 0 unspecified atom stereocenters. The first-order valence-corrected chi connectivity index (χ1v) is 7.35. The highest BCUT2D eigenvalue weighted by atomic mass is 16.5. The van der Waals surface area contributed by atoms with Crippen LogP contribution in [-0.2, 0) is 4.74 Å². The van der Waals surface area contributed by atoms with Gasteiger partial charge in [0.1, 0.15) is 0 Å². The van der Waals surface area contributed by atoms with Gasteiger partial charge in [-0.05, 0) is 56.3 Å². The van der Waals surface area contributed by atoms with E-state index in [1.807, 2.05) is 0 Å². The maximum absolute atomic E-state index is 11.0. The molecule has 0 radical (unpaired) electrons. The number of fused-ring (bicyclic) bond motifs is 2. The van der Waals surface area contributed by atoms with Gasteiger partial charge in [0.15, 0.2) is 0 Å². The number of ether oxygens (including phenoxy) is 1. The largest absolute Gasteiger partial charge is 0.396 e. The average molecular weight is 252 g/mol. The molecule has 102 valence electrons. The Morgan fingerprint density at radius 2 is 1.89 bits per heavy atom. The van der Waals surface area contributed by atoms with Crippen molar-refractivity contribution in [2.75, 3.05) is 13.2 Å². The molecule has 1 saturated heterocycles. The zero-order valence-electron chi connectivity index (χ0n) is 11.4. The van der Waals surface area contributed by atoms with Gasteiger partial charge in [-0.1, -0.05) is 6.92 Å². The van der Waals surface area contributed by atoms with E-state index in [9.17, 15) is 10.2 Å². The second kappa shape index (κ2) is 2.97. The topological polar surface area (TPSA) is 49.7 Å². The van der Waals surface area contributed by atoms with Gasteiger partial charge in [-0.25, -0.2) is 0 Å². The molecule has 4 aliphatic rings. The van der Waals surface area contributed by atoms with Crippen molar-refractivity contribution >= 4 is 0 Å². The van der Waals surface area contributed by atoms with Crippen molar-refractivity contribution in [2.45, 2.75) is 57.2 Å². The second-order valence-corrected chi connectivity index (χ2v) is 7.96. The number of hydrogen-bond donors (Lipinski definition) is 2. The number of hydrogen-bond acceptors (Lipinski definition) is 3. The molecule has 1 spiro atoms. The third kappa shape index (κ3) is 1.05. The number of rotatable bonds is 1. The average Bonchev–Trinajstić information content (AvgIpc) is 3.04. The lowest BCUT2D eigenvalue weighted by atomic mass is 9.58. The quantitative estimate of drug-likeness (QED) is 0.747. The Morgan fingerprint density at radius 1 is 1.17 bits per heavy atom. The molecule has 2 N–H and O–H groups in total. The van der Waals surface area contributed by atoms with Crippen LogP contribution in [-0.4, -0.2) is 34.6 Å². The molecule has 1 aliphatic heterocycles. The minimum absolute atomic E-state index is 0.0403. The molecule has 2 bridgehead atoms. The molecule has 1 heterocycles. The molecule has 0 aromatic carbocycles. The molecule has 3 aliphatic carbocycles. The van der Waals surface area contributed by atoms with Gasteiger partial charge in [0.25, 0.3) is 0 Å². The molecule has 0 aromatic heterocycles. The fourth-order valence-corrected chi connectivity index (χ4v) is 5.79. The number of aliphatic hydroxyl groups is 2. The van der Waals surface area contributed by atoms with E-state index in [-0.39, 0.29) is 23.0 Å². The van der Waals surface area contributed by atoms with E-state index < -0.39 is 5.60 Å². The summed E-state index contributed by atoms with van der Waals surface area (Å²) in [7, 11) is 0. The summed E-state index contributed by atoms with van der Waals surface area (Å²) in [5, 5.41) is 20.6. The summed E-state index contributed by atoms with van der Waals surface area (Å²) in [5.74, 6) is 1.06. The molecule has 0 amide bonds. The highest BCUT2D eigenvalue weighted by Gasteiger charge is 2.79. The predicted molar refractivity (Wildman–Crippen MR) is 67.0 cm³/mol. The number of aliphatic hydroxyl groups excluding tert-OH is 1. The van der Waals surface area contributed by atoms with E-state index in [0.717, 1.165) is 32.1 Å². The lowest BCUT2D eigenvalue weighted by Crippen LogP contribution is -2.56. The maximum Gasteiger partial charge on any atom is 0.0966 e. The predicted octanol–water partition coefficient (Wildman–Crippen LogP) is 1.72. The summed E-state index contributed by atoms with van der Waals surface area (Å²) in [5.41, 5.74) is -0.637. The molecule has 5 atom stereocenters. The molecule has 18 heavy (non-hydrogen) atoms. The van der Waals surface area contributed by atoms with Gasteiger partial charge >= 0.3 is 0 Å². The fourth-order valence-electron chi connectivity index (χ4n) is 5.79. The summed E-state index contributed by atoms with van der Waals surface area (Å²) in [6, 6.07) is 0. The van der Waals surface area contributed by atoms with Crippen LogP contribution in [0, 0.1) is 22.7 Å². The first kappa shape index (κ1) is 11.7. The lowest BCUT2D eigenvalue weighted by Gasteiger charge is -2.49. The third-order valence-corrected chi connectivity index (χ3v) is 6.93. The second-order valence-electron chi connectivity index (χ2n) is 7.96. The first-order valence-electron chi connectivity index (χ1n) is 7.35. The molecule has 4 rings (SSSR count). The van der Waals surface area contributed by atoms with Crippen LogP contribution in [0.25, 0.3) is 0 Å². The van der Waals surface area contributed by atoms with Crippen LogP contribution in [0.2, 0.25) is 0 Å². The van der Waals surface area contributed by atoms with Gasteiger partial charge < -0.3 is 14.9 Å². The zero-order valence-corrected chi connectivity index (χ0v) is 11.4. The Hall–Kier alpha value is -0.120. The van der Waals surface area contributed by atoms with Crippen molar-refractivity contribution in [2.24, 2.45) is 22.7 Å². The summed E-state index contributed by atoms with van der Waals surface area (Å²) >= 11 is 0. The molecule has 3 nitrogen and oxygen atoms in total. The molecule has 3 heteroatoms. The standard InChI is InChI=1S/C15H24O3/c1-12(8-16)5-10-6-15(17)9-18-13(2,11(10)7-12)14(15)3-4-14/h10-11,16-17H,3-9H2,1-2H3/t10-,11-,12+,13+,15-/m0/s1. The summed E-state index contributed by atoms with van der Waals surface area (Å²) in [6.45, 7) is 5.22. The Morgan fingerprint density at radius 3 is 2.50 bits per heavy atom. The maximum atomic E-state index is 11.0. The van der Waals surface area contributed by atoms with Gasteiger partial charge in [0.05, 0.1) is 17.8 Å². The van der Waals surface area contributed by atoms with Gasteiger partial charge in [-0.3, -0.25) is 0 Å². The van der Waals surface area contributed by atoms with E-state index >= 15 is 0 Å². The van der Waals surface area contributed by atoms with Crippen LogP contribution in [0.1, 0.15) is 46.0 Å². The smallest absolute Gasteiger partial charge is 0.0966 e. The van der Waals surface area contributed by atoms with Crippen LogP contribution in [0.5, 0.6) is 0 Å². The van der Waals surface area contributed by atoms with Crippen LogP contribution in [0.4, 0.5) is 0 Å². The first-order chi connectivity index (χ1) is 8.38. The molecule has 0 aromatic rings. The van der Waals surface area contributed by atoms with Crippen LogP contribution in [0.15, 0.2) is 0 Å². The summed E-state index contributed by atoms with van der Waals surface area (Å²) in [4.78, 5) is 0. The normalized spacial score (nSPS) is 60.0. The SMILES string of the molecule is C[C@@]1(CO)C[C@H]2C[C@]3(O)CO[C@](C)([C@H]2C1)C31CC1. The monoisotopic (exact) mass is 252 g/mol. The van der Waals surface area contributed by atoms with Crippen LogP contribution < -0.4 is 0 Å². The summed E-state index contributed by atoms with van der Waals surface area (Å²) in [6.07, 6.45) is 5.25. The van der Waals surface area contributed by atoms with Crippen molar-refractivity contribution in [1.82, 2.24) is 0 Å². The minimum atomic E-state index is -0.580. The zero-order chi connectivity index (χ0) is 12.8. The van der Waals surface area contributed by atoms with Gasteiger partial charge in [-0.2, -0.15) is 0 Å². The van der Waals surface area contributed by atoms with E-state index in [4.69, 9.17) is 4.74 Å². The Kier molecular flexibility index (Phi) is 1.93. The van der Waals surface area contributed by atoms with Crippen molar-refractivity contribution in [3.05, 3.63) is 0 Å². The minimum Gasteiger partial charge on any atom is -0.396 e. The highest BCUT2D eigenvalue weighted by molar-refractivity contribution is 5.28. The van der Waals surface area contributed by atoms with Crippen molar-refractivity contribution < 1.29 is 14.9 Å². The van der Waals surface area contributed by atoms with E-state index in [1.54, 1.807) is 0 Å². The van der Waals surface area contributed by atoms with E-state index in [2.05, 4.69) is 13.8 Å². The summed E-state index contributed by atoms with van der Waals surface area (Å²) < 4.78 is 6.17. The van der Waals surface area contributed by atoms with Crippen LogP contribution >= 0.6 is 0 Å². The fraction of sp³-hybridized carbons (Fsp3) is 1.00. The van der Waals surface area contributed by atoms with Gasteiger partial charge in [0.2, 0.25) is 0 Å². The van der Waals surface area contributed by atoms with Gasteiger partial charge in [-0.15, -0.1) is 0 Å². The molecule has 4 fully saturated rings. The molecule has 3 saturated carbocycles. The Bertz CT molecular complexity index is 405. The van der Waals surface area contributed by atoms with Crippen LogP contribution in [0.3, 0.4) is 0 Å². The lowest BCUT2D eigenvalue weighted by molar-refractivity contribution is -0.116. The van der Waals surface area contributed by atoms with Gasteiger partial charge in [0, 0.05) is 12.0 Å². The van der Waals surface area contributed by atoms with Crippen molar-refractivity contribution in [1.29, 1.82) is 0 Å². The molecular weight excluding hydrogens is 228 g/mol. The van der Waals surface area contributed by atoms with Crippen molar-refractivity contribution in [3.8, 4) is 0 Å². The van der Waals surface area contributed by atoms with E-state index in [0.29, 0.717) is 18.4 Å². The third-order valence-electron chi connectivity index (χ3n) is 6.93. The molecular formula is C15H24O3. The van der Waals surface area contributed by atoms with Crippen molar-refractivity contribution in [3.63, 3.8) is 0 Å². The Labute approximate surface area is 109 Å². The van der Waals surface area contributed by atoms with E-state index in [1.165, 1.54) is 0 Å².